The van der Waals surface area contributed by atoms with Crippen molar-refractivity contribution >= 4 is 11.6 Å². The van der Waals surface area contributed by atoms with Crippen molar-refractivity contribution in [3.63, 3.8) is 0 Å². The van der Waals surface area contributed by atoms with Gasteiger partial charge in [-0.05, 0) is 42.7 Å². The van der Waals surface area contributed by atoms with Gasteiger partial charge < -0.3 is 14.6 Å². The van der Waals surface area contributed by atoms with E-state index in [1.165, 1.54) is 11.1 Å². The Bertz CT molecular complexity index is 682. The van der Waals surface area contributed by atoms with E-state index in [1.807, 2.05) is 13.8 Å². The van der Waals surface area contributed by atoms with Crippen LogP contribution < -0.4 is 9.47 Å². The fourth-order valence-corrected chi connectivity index (χ4v) is 2.80. The molecular formula is C17H17ClO3. The number of fused-ring (bicyclic) bond motifs is 1. The molecule has 1 atom stereocenters. The molecule has 4 heteroatoms. The molecule has 110 valence electrons. The number of hydrogen-bond acceptors (Lipinski definition) is 3. The van der Waals surface area contributed by atoms with Crippen LogP contribution in [0.15, 0.2) is 30.3 Å². The van der Waals surface area contributed by atoms with Crippen LogP contribution >= 0.6 is 11.6 Å². The van der Waals surface area contributed by atoms with Crippen molar-refractivity contribution in [3.05, 3.63) is 57.6 Å². The number of ether oxygens (including phenoxy) is 2. The highest BCUT2D eigenvalue weighted by molar-refractivity contribution is 6.32. The summed E-state index contributed by atoms with van der Waals surface area (Å²) in [7, 11) is 0. The standard InChI is InChI=1S/C17H17ClO3/c1-10-3-4-11(2)12(5-10)7-15(19)13-6-14(18)17-16(8-13)20-9-21-17/h3-6,8,15,19H,7,9H2,1-2H3. The number of rotatable bonds is 3. The van der Waals surface area contributed by atoms with Crippen LogP contribution in [-0.2, 0) is 6.42 Å². The Hall–Kier alpha value is -1.71. The molecule has 0 saturated heterocycles. The normalized spacial score (nSPS) is 14.3. The van der Waals surface area contributed by atoms with E-state index in [4.69, 9.17) is 21.1 Å². The third-order valence-corrected chi connectivity index (χ3v) is 4.03. The van der Waals surface area contributed by atoms with Crippen molar-refractivity contribution in [1.29, 1.82) is 0 Å². The maximum absolute atomic E-state index is 10.5. The van der Waals surface area contributed by atoms with Crippen LogP contribution in [0.25, 0.3) is 0 Å². The summed E-state index contributed by atoms with van der Waals surface area (Å²) in [5, 5.41) is 11.0. The number of aliphatic hydroxyl groups excluding tert-OH is 1. The van der Waals surface area contributed by atoms with E-state index in [0.29, 0.717) is 22.9 Å². The highest BCUT2D eigenvalue weighted by atomic mass is 35.5. The average molecular weight is 305 g/mol. The summed E-state index contributed by atoms with van der Waals surface area (Å²) in [6.45, 7) is 4.27. The van der Waals surface area contributed by atoms with Crippen LogP contribution in [-0.4, -0.2) is 11.9 Å². The Labute approximate surface area is 129 Å². The Morgan fingerprint density at radius 3 is 2.81 bits per heavy atom. The molecular weight excluding hydrogens is 288 g/mol. The van der Waals surface area contributed by atoms with Crippen molar-refractivity contribution in [2.75, 3.05) is 6.79 Å². The van der Waals surface area contributed by atoms with E-state index in [1.54, 1.807) is 12.1 Å². The Kier molecular flexibility index (Phi) is 3.79. The van der Waals surface area contributed by atoms with E-state index in [0.717, 1.165) is 11.1 Å². The molecule has 0 saturated carbocycles. The lowest BCUT2D eigenvalue weighted by molar-refractivity contribution is 0.171. The molecule has 0 bridgehead atoms. The molecule has 21 heavy (non-hydrogen) atoms. The van der Waals surface area contributed by atoms with E-state index in [2.05, 4.69) is 18.2 Å². The molecule has 2 aromatic rings. The monoisotopic (exact) mass is 304 g/mol. The molecule has 2 aromatic carbocycles. The molecule has 0 radical (unpaired) electrons. The first-order valence-electron chi connectivity index (χ1n) is 6.88. The lowest BCUT2D eigenvalue weighted by Gasteiger charge is -2.14. The van der Waals surface area contributed by atoms with Crippen molar-refractivity contribution in [1.82, 2.24) is 0 Å². The topological polar surface area (TPSA) is 38.7 Å². The lowest BCUT2D eigenvalue weighted by Crippen LogP contribution is -2.04. The number of hydrogen-bond donors (Lipinski definition) is 1. The summed E-state index contributed by atoms with van der Waals surface area (Å²) in [6, 6.07) is 9.79. The second kappa shape index (κ2) is 5.58. The van der Waals surface area contributed by atoms with Gasteiger partial charge in [-0.1, -0.05) is 35.4 Å². The Morgan fingerprint density at radius 1 is 1.19 bits per heavy atom. The first-order valence-corrected chi connectivity index (χ1v) is 7.25. The third-order valence-electron chi connectivity index (χ3n) is 3.75. The van der Waals surface area contributed by atoms with Crippen molar-refractivity contribution < 1.29 is 14.6 Å². The van der Waals surface area contributed by atoms with E-state index in [9.17, 15) is 5.11 Å². The fraction of sp³-hybridized carbons (Fsp3) is 0.294. The largest absolute Gasteiger partial charge is 0.454 e. The minimum atomic E-state index is -0.627. The number of benzene rings is 2. The van der Waals surface area contributed by atoms with Gasteiger partial charge in [-0.15, -0.1) is 0 Å². The first-order chi connectivity index (χ1) is 10.0. The first kappa shape index (κ1) is 14.2. The number of aryl methyl sites for hydroxylation is 2. The third kappa shape index (κ3) is 2.85. The summed E-state index contributed by atoms with van der Waals surface area (Å²) >= 11 is 6.16. The Morgan fingerprint density at radius 2 is 2.00 bits per heavy atom. The van der Waals surface area contributed by atoms with E-state index < -0.39 is 6.10 Å². The number of halogens is 1. The molecule has 1 heterocycles. The summed E-state index contributed by atoms with van der Waals surface area (Å²) < 4.78 is 10.6. The van der Waals surface area contributed by atoms with Gasteiger partial charge >= 0.3 is 0 Å². The van der Waals surface area contributed by atoms with Crippen molar-refractivity contribution in [2.45, 2.75) is 26.4 Å². The second-order valence-electron chi connectivity index (χ2n) is 5.39. The molecule has 0 spiro atoms. The van der Waals surface area contributed by atoms with Crippen LogP contribution in [0.5, 0.6) is 11.5 Å². The maximum atomic E-state index is 10.5. The fourth-order valence-electron chi connectivity index (χ4n) is 2.53. The molecule has 0 fully saturated rings. The van der Waals surface area contributed by atoms with Crippen LogP contribution in [0, 0.1) is 13.8 Å². The van der Waals surface area contributed by atoms with Gasteiger partial charge in [-0.2, -0.15) is 0 Å². The minimum Gasteiger partial charge on any atom is -0.454 e. The molecule has 1 N–H and O–H groups in total. The van der Waals surface area contributed by atoms with Crippen LogP contribution in [0.4, 0.5) is 0 Å². The van der Waals surface area contributed by atoms with Gasteiger partial charge in [-0.3, -0.25) is 0 Å². The zero-order chi connectivity index (χ0) is 15.0. The molecule has 0 aromatic heterocycles. The van der Waals surface area contributed by atoms with Crippen molar-refractivity contribution in [2.24, 2.45) is 0 Å². The van der Waals surface area contributed by atoms with Gasteiger partial charge in [-0.25, -0.2) is 0 Å². The predicted molar refractivity (Wildman–Crippen MR) is 82.2 cm³/mol. The zero-order valence-corrected chi connectivity index (χ0v) is 12.8. The van der Waals surface area contributed by atoms with Crippen LogP contribution in [0.3, 0.4) is 0 Å². The molecule has 1 aliphatic rings. The molecule has 1 unspecified atom stereocenters. The van der Waals surface area contributed by atoms with Gasteiger partial charge in [0.2, 0.25) is 6.79 Å². The summed E-state index contributed by atoms with van der Waals surface area (Å²) in [6.07, 6.45) is -0.0822. The van der Waals surface area contributed by atoms with E-state index >= 15 is 0 Å². The quantitative estimate of drug-likeness (QED) is 0.933. The van der Waals surface area contributed by atoms with Gasteiger partial charge in [0.05, 0.1) is 11.1 Å². The maximum Gasteiger partial charge on any atom is 0.231 e. The van der Waals surface area contributed by atoms with Gasteiger partial charge in [0.25, 0.3) is 0 Å². The Balaban J connectivity index is 1.87. The van der Waals surface area contributed by atoms with Crippen LogP contribution in [0.1, 0.15) is 28.4 Å². The summed E-state index contributed by atoms with van der Waals surface area (Å²) in [4.78, 5) is 0. The lowest BCUT2D eigenvalue weighted by atomic mass is 9.96. The second-order valence-corrected chi connectivity index (χ2v) is 5.79. The SMILES string of the molecule is Cc1ccc(C)c(CC(O)c2cc(Cl)c3c(c2)OCO3)c1. The highest BCUT2D eigenvalue weighted by Gasteiger charge is 2.21. The molecule has 0 amide bonds. The van der Waals surface area contributed by atoms with Crippen molar-refractivity contribution in [3.8, 4) is 11.5 Å². The average Bonchev–Trinajstić information content (AvgIpc) is 2.91. The van der Waals surface area contributed by atoms with Gasteiger partial charge in [0.15, 0.2) is 11.5 Å². The highest BCUT2D eigenvalue weighted by Crippen LogP contribution is 2.41. The van der Waals surface area contributed by atoms with Gasteiger partial charge in [0, 0.05) is 6.42 Å². The zero-order valence-electron chi connectivity index (χ0n) is 12.0. The van der Waals surface area contributed by atoms with E-state index in [-0.39, 0.29) is 6.79 Å². The molecule has 1 aliphatic heterocycles. The smallest absolute Gasteiger partial charge is 0.231 e. The van der Waals surface area contributed by atoms with Gasteiger partial charge in [0.1, 0.15) is 0 Å². The minimum absolute atomic E-state index is 0.172. The molecule has 0 aliphatic carbocycles. The molecule has 3 rings (SSSR count). The predicted octanol–water partition coefficient (Wildman–Crippen LogP) is 3.96. The summed E-state index contributed by atoms with van der Waals surface area (Å²) in [5.74, 6) is 1.15. The summed E-state index contributed by atoms with van der Waals surface area (Å²) in [5.41, 5.74) is 4.24. The van der Waals surface area contributed by atoms with Crippen LogP contribution in [0.2, 0.25) is 5.02 Å². The number of aliphatic hydroxyl groups is 1. The molecule has 3 nitrogen and oxygen atoms in total.